The SMILES string of the molecule is CCO[Si](OC)(OCC)c1ccc(F)cc1. The van der Waals surface area contributed by atoms with Crippen LogP contribution < -0.4 is 5.19 Å². The molecule has 0 saturated carbocycles. The lowest BCUT2D eigenvalue weighted by molar-refractivity contribution is 0.102. The van der Waals surface area contributed by atoms with E-state index in [1.807, 2.05) is 13.8 Å². The minimum Gasteiger partial charge on any atom is -0.373 e. The Hall–Kier alpha value is -0.753. The average molecular weight is 244 g/mol. The Morgan fingerprint density at radius 3 is 1.94 bits per heavy atom. The van der Waals surface area contributed by atoms with E-state index in [1.165, 1.54) is 12.1 Å². The fourth-order valence-electron chi connectivity index (χ4n) is 1.48. The van der Waals surface area contributed by atoms with E-state index in [0.717, 1.165) is 5.19 Å². The molecule has 0 aliphatic heterocycles. The molecule has 0 radical (unpaired) electrons. The molecule has 0 heterocycles. The third-order valence-corrected chi connectivity index (χ3v) is 5.05. The van der Waals surface area contributed by atoms with Crippen LogP contribution in [-0.4, -0.2) is 29.1 Å². The molecule has 0 bridgehead atoms. The van der Waals surface area contributed by atoms with Crippen LogP contribution in [0, 0.1) is 5.82 Å². The van der Waals surface area contributed by atoms with Crippen molar-refractivity contribution < 1.29 is 17.7 Å². The monoisotopic (exact) mass is 244 g/mol. The predicted molar refractivity (Wildman–Crippen MR) is 62.0 cm³/mol. The third kappa shape index (κ3) is 2.88. The summed E-state index contributed by atoms with van der Waals surface area (Å²) >= 11 is 0. The van der Waals surface area contributed by atoms with Crippen LogP contribution in [0.5, 0.6) is 0 Å². The molecular weight excluding hydrogens is 227 g/mol. The summed E-state index contributed by atoms with van der Waals surface area (Å²) in [6.45, 7) is 4.75. The molecule has 0 atom stereocenters. The van der Waals surface area contributed by atoms with Crippen molar-refractivity contribution in [3.8, 4) is 0 Å². The van der Waals surface area contributed by atoms with Gasteiger partial charge in [-0.3, -0.25) is 0 Å². The Labute approximate surface area is 96.5 Å². The van der Waals surface area contributed by atoms with E-state index < -0.39 is 8.80 Å². The molecule has 0 unspecified atom stereocenters. The highest BCUT2D eigenvalue weighted by atomic mass is 28.4. The Balaban J connectivity index is 3.02. The standard InChI is InChI=1S/C11H17FO3Si/c1-4-14-16(13-3,15-5-2)11-8-6-10(12)7-9-11/h6-9H,4-5H2,1-3H3. The van der Waals surface area contributed by atoms with Gasteiger partial charge in [0, 0.05) is 25.5 Å². The van der Waals surface area contributed by atoms with E-state index in [4.69, 9.17) is 13.3 Å². The summed E-state index contributed by atoms with van der Waals surface area (Å²) in [5.41, 5.74) is 0. The van der Waals surface area contributed by atoms with Gasteiger partial charge in [-0.05, 0) is 26.0 Å². The van der Waals surface area contributed by atoms with Gasteiger partial charge in [-0.15, -0.1) is 0 Å². The molecule has 16 heavy (non-hydrogen) atoms. The molecule has 1 aromatic carbocycles. The summed E-state index contributed by atoms with van der Waals surface area (Å²) in [6, 6.07) is 6.06. The van der Waals surface area contributed by atoms with Gasteiger partial charge in [0.05, 0.1) is 0 Å². The maximum Gasteiger partial charge on any atom is 0.536 e. The molecule has 1 aromatic rings. The maximum atomic E-state index is 12.8. The van der Waals surface area contributed by atoms with Crippen molar-refractivity contribution in [1.82, 2.24) is 0 Å². The van der Waals surface area contributed by atoms with Gasteiger partial charge in [0.1, 0.15) is 5.82 Å². The first-order valence-corrected chi connectivity index (χ1v) is 7.00. The van der Waals surface area contributed by atoms with Crippen LogP contribution in [0.3, 0.4) is 0 Å². The van der Waals surface area contributed by atoms with Crippen molar-refractivity contribution in [2.45, 2.75) is 13.8 Å². The normalized spacial score (nSPS) is 11.8. The molecule has 5 heteroatoms. The summed E-state index contributed by atoms with van der Waals surface area (Å²) in [5.74, 6) is -0.282. The Kier molecular flexibility index (Phi) is 5.07. The van der Waals surface area contributed by atoms with Gasteiger partial charge in [0.2, 0.25) is 0 Å². The number of hydrogen-bond acceptors (Lipinski definition) is 3. The molecule has 0 aliphatic carbocycles. The van der Waals surface area contributed by atoms with Crippen LogP contribution in [0.2, 0.25) is 0 Å². The zero-order valence-corrected chi connectivity index (χ0v) is 10.8. The van der Waals surface area contributed by atoms with Crippen molar-refractivity contribution in [3.05, 3.63) is 30.1 Å². The molecule has 0 spiro atoms. The van der Waals surface area contributed by atoms with Gasteiger partial charge in [-0.25, -0.2) is 4.39 Å². The fourth-order valence-corrected chi connectivity index (χ4v) is 3.70. The van der Waals surface area contributed by atoms with Crippen molar-refractivity contribution >= 4 is 14.0 Å². The van der Waals surface area contributed by atoms with Crippen LogP contribution in [0.4, 0.5) is 4.39 Å². The predicted octanol–water partition coefficient (Wildman–Crippen LogP) is 1.69. The highest BCUT2D eigenvalue weighted by molar-refractivity contribution is 6.75. The molecule has 3 nitrogen and oxygen atoms in total. The van der Waals surface area contributed by atoms with Crippen LogP contribution in [-0.2, 0) is 13.3 Å². The first kappa shape index (κ1) is 13.3. The van der Waals surface area contributed by atoms with Gasteiger partial charge in [0.25, 0.3) is 0 Å². The van der Waals surface area contributed by atoms with Gasteiger partial charge < -0.3 is 13.3 Å². The molecule has 0 N–H and O–H groups in total. The third-order valence-electron chi connectivity index (χ3n) is 2.14. The summed E-state index contributed by atoms with van der Waals surface area (Å²) in [4.78, 5) is 0. The Morgan fingerprint density at radius 2 is 1.56 bits per heavy atom. The second kappa shape index (κ2) is 6.10. The maximum absolute atomic E-state index is 12.8. The summed E-state index contributed by atoms with van der Waals surface area (Å²) in [7, 11) is -1.28. The molecule has 1 rings (SSSR count). The topological polar surface area (TPSA) is 27.7 Å². The van der Waals surface area contributed by atoms with Gasteiger partial charge >= 0.3 is 8.80 Å². The van der Waals surface area contributed by atoms with Crippen molar-refractivity contribution in [2.24, 2.45) is 0 Å². The Morgan fingerprint density at radius 1 is 1.06 bits per heavy atom. The summed E-state index contributed by atoms with van der Waals surface area (Å²) < 4.78 is 29.5. The quantitative estimate of drug-likeness (QED) is 0.713. The van der Waals surface area contributed by atoms with E-state index in [2.05, 4.69) is 0 Å². The second-order valence-electron chi connectivity index (χ2n) is 3.13. The van der Waals surface area contributed by atoms with Crippen LogP contribution in [0.1, 0.15) is 13.8 Å². The number of halogens is 1. The minimum absolute atomic E-state index is 0.282. The number of benzene rings is 1. The first-order chi connectivity index (χ1) is 7.68. The zero-order valence-electron chi connectivity index (χ0n) is 9.83. The van der Waals surface area contributed by atoms with Crippen LogP contribution >= 0.6 is 0 Å². The van der Waals surface area contributed by atoms with Crippen molar-refractivity contribution in [3.63, 3.8) is 0 Å². The summed E-state index contributed by atoms with van der Waals surface area (Å²) in [5, 5.41) is 0.778. The molecule has 0 saturated heterocycles. The van der Waals surface area contributed by atoms with E-state index >= 15 is 0 Å². The van der Waals surface area contributed by atoms with E-state index in [0.29, 0.717) is 13.2 Å². The zero-order chi connectivity index (χ0) is 12.0. The van der Waals surface area contributed by atoms with E-state index in [1.54, 1.807) is 19.2 Å². The summed E-state index contributed by atoms with van der Waals surface area (Å²) in [6.07, 6.45) is 0. The Bertz CT molecular complexity index is 310. The molecule has 0 aromatic heterocycles. The smallest absolute Gasteiger partial charge is 0.373 e. The lowest BCUT2D eigenvalue weighted by Crippen LogP contribution is -2.56. The first-order valence-electron chi connectivity index (χ1n) is 5.27. The largest absolute Gasteiger partial charge is 0.536 e. The lowest BCUT2D eigenvalue weighted by Gasteiger charge is -2.27. The molecule has 0 aliphatic rings. The van der Waals surface area contributed by atoms with Gasteiger partial charge in [0.15, 0.2) is 0 Å². The van der Waals surface area contributed by atoms with Gasteiger partial charge in [-0.1, -0.05) is 12.1 Å². The van der Waals surface area contributed by atoms with Gasteiger partial charge in [-0.2, -0.15) is 0 Å². The number of rotatable bonds is 6. The average Bonchev–Trinajstić information content (AvgIpc) is 2.29. The highest BCUT2D eigenvalue weighted by Gasteiger charge is 2.42. The van der Waals surface area contributed by atoms with E-state index in [-0.39, 0.29) is 5.82 Å². The van der Waals surface area contributed by atoms with Crippen LogP contribution in [0.15, 0.2) is 24.3 Å². The van der Waals surface area contributed by atoms with Crippen LogP contribution in [0.25, 0.3) is 0 Å². The minimum atomic E-state index is -2.84. The van der Waals surface area contributed by atoms with E-state index in [9.17, 15) is 4.39 Å². The highest BCUT2D eigenvalue weighted by Crippen LogP contribution is 2.10. The van der Waals surface area contributed by atoms with Crippen molar-refractivity contribution in [1.29, 1.82) is 0 Å². The van der Waals surface area contributed by atoms with Crippen molar-refractivity contribution in [2.75, 3.05) is 20.3 Å². The molecule has 0 fully saturated rings. The fraction of sp³-hybridized carbons (Fsp3) is 0.455. The number of hydrogen-bond donors (Lipinski definition) is 0. The molecule has 0 amide bonds. The molecule has 90 valence electrons. The lowest BCUT2D eigenvalue weighted by atomic mass is 10.3. The second-order valence-corrected chi connectivity index (χ2v) is 5.81. The molecular formula is C11H17FO3Si.